The molecule has 0 amide bonds. The summed E-state index contributed by atoms with van der Waals surface area (Å²) >= 11 is 0. The molecule has 0 unspecified atom stereocenters. The van der Waals surface area contributed by atoms with Gasteiger partial charge in [-0.25, -0.2) is 0 Å². The third-order valence-electron chi connectivity index (χ3n) is 2.17. The molecule has 0 aliphatic heterocycles. The third kappa shape index (κ3) is 0.994. The minimum absolute atomic E-state index is 0.624. The average molecular weight is 171 g/mol. The fraction of sp³-hybridized carbons (Fsp3) is 0.200. The smallest absolute Gasteiger partial charge is 0.146 e. The van der Waals surface area contributed by atoms with Gasteiger partial charge in [0.25, 0.3) is 0 Å². The highest BCUT2D eigenvalue weighted by Gasteiger charge is 2.08. The second-order valence-corrected chi connectivity index (χ2v) is 3.06. The van der Waals surface area contributed by atoms with E-state index in [-0.39, 0.29) is 0 Å². The van der Waals surface area contributed by atoms with Crippen molar-refractivity contribution < 1.29 is 0 Å². The van der Waals surface area contributed by atoms with Crippen LogP contribution in [0.5, 0.6) is 0 Å². The predicted octanol–water partition coefficient (Wildman–Crippen LogP) is 1.75. The molecule has 0 aliphatic carbocycles. The van der Waals surface area contributed by atoms with Crippen molar-refractivity contribution in [2.24, 2.45) is 7.05 Å². The van der Waals surface area contributed by atoms with Gasteiger partial charge in [-0.1, -0.05) is 12.1 Å². The number of aromatic nitrogens is 2. The third-order valence-corrected chi connectivity index (χ3v) is 2.17. The molecular weight excluding hydrogens is 162 g/mol. The van der Waals surface area contributed by atoms with Crippen molar-refractivity contribution in [1.29, 1.82) is 5.26 Å². The van der Waals surface area contributed by atoms with E-state index in [9.17, 15) is 0 Å². The lowest BCUT2D eigenvalue weighted by atomic mass is 10.1. The number of nitriles is 1. The number of fused-ring (bicyclic) bond motifs is 1. The molecule has 1 aromatic carbocycles. The van der Waals surface area contributed by atoms with Crippen LogP contribution in [0.4, 0.5) is 0 Å². The number of hydrogen-bond donors (Lipinski definition) is 0. The van der Waals surface area contributed by atoms with Crippen LogP contribution in [0.3, 0.4) is 0 Å². The molecule has 13 heavy (non-hydrogen) atoms. The Hall–Kier alpha value is -1.82. The van der Waals surface area contributed by atoms with Gasteiger partial charge in [0.1, 0.15) is 11.8 Å². The lowest BCUT2D eigenvalue weighted by molar-refractivity contribution is 0.766. The normalized spacial score (nSPS) is 10.2. The highest BCUT2D eigenvalue weighted by atomic mass is 15.3. The summed E-state index contributed by atoms with van der Waals surface area (Å²) in [7, 11) is 1.79. The van der Waals surface area contributed by atoms with E-state index >= 15 is 0 Å². The van der Waals surface area contributed by atoms with Crippen LogP contribution in [-0.4, -0.2) is 9.78 Å². The van der Waals surface area contributed by atoms with Gasteiger partial charge in [0.05, 0.1) is 5.52 Å². The molecule has 0 atom stereocenters. The summed E-state index contributed by atoms with van der Waals surface area (Å²) in [5.41, 5.74) is 2.65. The number of hydrogen-bond acceptors (Lipinski definition) is 2. The standard InChI is InChI=1S/C10H9N3/c1-7-4-3-5-8-9(6-11)13(2)12-10(7)8/h3-5H,1-2H3. The Morgan fingerprint density at radius 3 is 2.92 bits per heavy atom. The highest BCUT2D eigenvalue weighted by molar-refractivity contribution is 5.86. The summed E-state index contributed by atoms with van der Waals surface area (Å²) in [5, 5.41) is 14.1. The topological polar surface area (TPSA) is 41.6 Å². The molecule has 0 bridgehead atoms. The predicted molar refractivity (Wildman–Crippen MR) is 50.2 cm³/mol. The molecule has 1 aromatic heterocycles. The zero-order chi connectivity index (χ0) is 9.42. The number of benzene rings is 1. The first-order valence-corrected chi connectivity index (χ1v) is 4.06. The summed E-state index contributed by atoms with van der Waals surface area (Å²) in [4.78, 5) is 0. The molecule has 64 valence electrons. The highest BCUT2D eigenvalue weighted by Crippen LogP contribution is 2.19. The van der Waals surface area contributed by atoms with E-state index in [0.29, 0.717) is 5.69 Å². The molecule has 0 spiro atoms. The molecule has 2 aromatic rings. The average Bonchev–Trinajstić information content (AvgIpc) is 2.43. The van der Waals surface area contributed by atoms with E-state index in [4.69, 9.17) is 5.26 Å². The van der Waals surface area contributed by atoms with Crippen molar-refractivity contribution in [3.63, 3.8) is 0 Å². The molecule has 1 heterocycles. The van der Waals surface area contributed by atoms with Gasteiger partial charge in [-0.3, -0.25) is 4.68 Å². The lowest BCUT2D eigenvalue weighted by Gasteiger charge is -1.90. The molecule has 2 rings (SSSR count). The molecule has 0 aliphatic rings. The van der Waals surface area contributed by atoms with E-state index in [2.05, 4.69) is 11.2 Å². The van der Waals surface area contributed by atoms with Crippen LogP contribution in [-0.2, 0) is 7.05 Å². The van der Waals surface area contributed by atoms with Crippen molar-refractivity contribution in [3.8, 4) is 6.07 Å². The Labute approximate surface area is 76.2 Å². The van der Waals surface area contributed by atoms with E-state index in [1.807, 2.05) is 25.1 Å². The van der Waals surface area contributed by atoms with Crippen LogP contribution >= 0.6 is 0 Å². The van der Waals surface area contributed by atoms with Gasteiger partial charge in [0, 0.05) is 12.4 Å². The zero-order valence-corrected chi connectivity index (χ0v) is 7.57. The van der Waals surface area contributed by atoms with Gasteiger partial charge in [-0.15, -0.1) is 0 Å². The Bertz CT molecular complexity index is 503. The molecule has 3 heteroatoms. The van der Waals surface area contributed by atoms with E-state index < -0.39 is 0 Å². The summed E-state index contributed by atoms with van der Waals surface area (Å²) in [6, 6.07) is 8.01. The first-order chi connectivity index (χ1) is 6.24. The maximum absolute atomic E-state index is 8.89. The fourth-order valence-electron chi connectivity index (χ4n) is 1.49. The second-order valence-electron chi connectivity index (χ2n) is 3.06. The molecule has 0 saturated carbocycles. The van der Waals surface area contributed by atoms with Gasteiger partial charge < -0.3 is 0 Å². The molecular formula is C10H9N3. The molecule has 0 radical (unpaired) electrons. The van der Waals surface area contributed by atoms with Crippen molar-refractivity contribution in [3.05, 3.63) is 29.5 Å². The van der Waals surface area contributed by atoms with Crippen LogP contribution in [0.1, 0.15) is 11.3 Å². The van der Waals surface area contributed by atoms with Crippen LogP contribution in [0, 0.1) is 18.3 Å². The molecule has 3 nitrogen and oxygen atoms in total. The first-order valence-electron chi connectivity index (χ1n) is 4.06. The van der Waals surface area contributed by atoms with Crippen molar-refractivity contribution >= 4 is 10.9 Å². The number of nitrogens with zero attached hydrogens (tertiary/aromatic N) is 3. The number of rotatable bonds is 0. The number of aryl methyl sites for hydroxylation is 2. The van der Waals surface area contributed by atoms with E-state index in [0.717, 1.165) is 16.5 Å². The maximum Gasteiger partial charge on any atom is 0.146 e. The second kappa shape index (κ2) is 2.60. The minimum atomic E-state index is 0.624. The minimum Gasteiger partial charge on any atom is -0.257 e. The Kier molecular flexibility index (Phi) is 1.56. The van der Waals surface area contributed by atoms with Crippen molar-refractivity contribution in [2.75, 3.05) is 0 Å². The Morgan fingerprint density at radius 2 is 2.23 bits per heavy atom. The van der Waals surface area contributed by atoms with Crippen LogP contribution < -0.4 is 0 Å². The SMILES string of the molecule is Cc1cccc2c(C#N)n(C)nc12. The van der Waals surface area contributed by atoms with Crippen molar-refractivity contribution in [1.82, 2.24) is 9.78 Å². The summed E-state index contributed by atoms with van der Waals surface area (Å²) in [6.45, 7) is 2.00. The molecule has 0 N–H and O–H groups in total. The van der Waals surface area contributed by atoms with Crippen LogP contribution in [0.25, 0.3) is 10.9 Å². The van der Waals surface area contributed by atoms with Gasteiger partial charge in [0.15, 0.2) is 0 Å². The van der Waals surface area contributed by atoms with Crippen LogP contribution in [0.2, 0.25) is 0 Å². The largest absolute Gasteiger partial charge is 0.257 e. The van der Waals surface area contributed by atoms with Gasteiger partial charge >= 0.3 is 0 Å². The van der Waals surface area contributed by atoms with Crippen molar-refractivity contribution in [2.45, 2.75) is 6.92 Å². The molecule has 0 saturated heterocycles. The van der Waals surface area contributed by atoms with Gasteiger partial charge in [-0.05, 0) is 18.6 Å². The zero-order valence-electron chi connectivity index (χ0n) is 7.57. The fourth-order valence-corrected chi connectivity index (χ4v) is 1.49. The first kappa shape index (κ1) is 7.81. The van der Waals surface area contributed by atoms with Gasteiger partial charge in [0.2, 0.25) is 0 Å². The van der Waals surface area contributed by atoms with Crippen LogP contribution in [0.15, 0.2) is 18.2 Å². The summed E-state index contributed by atoms with van der Waals surface area (Å²) in [5.74, 6) is 0. The van der Waals surface area contributed by atoms with E-state index in [1.54, 1.807) is 11.7 Å². The molecule has 0 fully saturated rings. The monoisotopic (exact) mass is 171 g/mol. The summed E-state index contributed by atoms with van der Waals surface area (Å²) in [6.07, 6.45) is 0. The Morgan fingerprint density at radius 1 is 1.46 bits per heavy atom. The Balaban J connectivity index is 2.96. The van der Waals surface area contributed by atoms with E-state index in [1.165, 1.54) is 0 Å². The quantitative estimate of drug-likeness (QED) is 0.606. The lowest BCUT2D eigenvalue weighted by Crippen LogP contribution is -1.92. The summed E-state index contributed by atoms with van der Waals surface area (Å²) < 4.78 is 1.62. The maximum atomic E-state index is 8.89. The van der Waals surface area contributed by atoms with Gasteiger partial charge in [-0.2, -0.15) is 10.4 Å².